The molecule has 19 heteroatoms. The second kappa shape index (κ2) is 10.7. The van der Waals surface area contributed by atoms with Gasteiger partial charge in [-0.15, -0.1) is 11.3 Å². The monoisotopic (exact) mass is 608 g/mol. The topological polar surface area (TPSA) is 212 Å². The molecule has 5 N–H and O–H groups in total. The number of thiazole rings is 1. The van der Waals surface area contributed by atoms with Crippen molar-refractivity contribution in [2.75, 3.05) is 25.4 Å². The number of urea groups is 1. The van der Waals surface area contributed by atoms with Crippen molar-refractivity contribution < 1.29 is 38.2 Å². The van der Waals surface area contributed by atoms with Crippen LogP contribution in [0.1, 0.15) is 40.3 Å². The minimum absolute atomic E-state index is 0.0412. The van der Waals surface area contributed by atoms with Gasteiger partial charge in [0.1, 0.15) is 22.7 Å². The minimum atomic E-state index is -1.67. The molecule has 4 rings (SSSR count). The van der Waals surface area contributed by atoms with Crippen LogP contribution in [0.15, 0.2) is 10.5 Å². The summed E-state index contributed by atoms with van der Waals surface area (Å²) in [4.78, 5) is 74.9. The largest absolute Gasteiger partial charge is 0.541 e. The van der Waals surface area contributed by atoms with Crippen LogP contribution in [0, 0.1) is 0 Å². The van der Waals surface area contributed by atoms with Crippen molar-refractivity contribution in [2.45, 2.75) is 62.1 Å². The number of ether oxygens (including phenoxy) is 1. The fourth-order valence-electron chi connectivity index (χ4n) is 4.19. The van der Waals surface area contributed by atoms with Gasteiger partial charge in [-0.1, -0.05) is 16.9 Å². The lowest BCUT2D eigenvalue weighted by Gasteiger charge is -2.41. The number of carbonyl (C=O) groups excluding carboxylic acids is 5. The summed E-state index contributed by atoms with van der Waals surface area (Å²) in [6, 6.07) is -1.76. The molecule has 0 unspecified atom stereocenters. The maximum atomic E-state index is 13.4. The number of hydrogen-bond acceptors (Lipinski definition) is 14. The van der Waals surface area contributed by atoms with E-state index in [9.17, 15) is 24.0 Å². The van der Waals surface area contributed by atoms with Crippen molar-refractivity contribution >= 4 is 71.8 Å². The number of nitrogens with two attached hydrogens (primary N) is 2. The quantitative estimate of drug-likeness (QED) is 0.0611. The van der Waals surface area contributed by atoms with Gasteiger partial charge < -0.3 is 30.2 Å². The number of nitrogens with one attached hydrogen (secondary N) is 1. The lowest BCUT2D eigenvalue weighted by atomic mass is 10.0. The summed E-state index contributed by atoms with van der Waals surface area (Å²) in [5.41, 5.74) is 3.04. The standard InChI is InChI=1S/C22H29BN8O8S2/c1-20(2,3)37-16(34)21(4,5)39-28-11(10-8-40-18(24)26-10)13(32)27-12-14(33)29-9-22(17(35)38-23,41-15(12)29)30-6-7-31(25)19(30)36/h8,12,15H,6-7,9,25H2,1-5H3,(H2,24,26)(H,27,32)/b28-11-/t12-,15-,22-/m1/s1. The van der Waals surface area contributed by atoms with Crippen molar-refractivity contribution in [2.24, 2.45) is 11.0 Å². The summed E-state index contributed by atoms with van der Waals surface area (Å²) in [7, 11) is 5.18. The highest BCUT2D eigenvalue weighted by molar-refractivity contribution is 8.02. The molecule has 0 spiro atoms. The summed E-state index contributed by atoms with van der Waals surface area (Å²) in [5.74, 6) is 2.62. The number of oxime groups is 1. The first-order valence-electron chi connectivity index (χ1n) is 12.3. The Morgan fingerprint density at radius 1 is 1.22 bits per heavy atom. The summed E-state index contributed by atoms with van der Waals surface area (Å²) in [5, 5.41) is 8.25. The first kappa shape index (κ1) is 30.4. The Labute approximate surface area is 244 Å². The number of anilines is 1. The summed E-state index contributed by atoms with van der Waals surface area (Å²) in [6.45, 7) is 7.91. The van der Waals surface area contributed by atoms with Crippen molar-refractivity contribution in [1.82, 2.24) is 25.1 Å². The molecular formula is C22H29BN8O8S2. The Balaban J connectivity index is 1.55. The second-order valence-electron chi connectivity index (χ2n) is 10.9. The van der Waals surface area contributed by atoms with Gasteiger partial charge in [-0.25, -0.2) is 20.4 Å². The van der Waals surface area contributed by atoms with E-state index in [2.05, 4.69) is 20.1 Å². The molecule has 41 heavy (non-hydrogen) atoms. The Bertz CT molecular complexity index is 1320. The average Bonchev–Trinajstić information content (AvgIpc) is 3.57. The van der Waals surface area contributed by atoms with Crippen molar-refractivity contribution in [3.8, 4) is 0 Å². The molecule has 0 aromatic carbocycles. The van der Waals surface area contributed by atoms with Gasteiger partial charge in [0.15, 0.2) is 10.8 Å². The zero-order valence-electron chi connectivity index (χ0n) is 22.9. The third kappa shape index (κ3) is 5.65. The van der Waals surface area contributed by atoms with E-state index >= 15 is 0 Å². The van der Waals surface area contributed by atoms with Crippen LogP contribution in [0.25, 0.3) is 0 Å². The molecular weight excluding hydrogens is 579 g/mol. The Kier molecular flexibility index (Phi) is 7.91. The molecule has 16 nitrogen and oxygen atoms in total. The van der Waals surface area contributed by atoms with E-state index in [-0.39, 0.29) is 36.2 Å². The van der Waals surface area contributed by atoms with Crippen LogP contribution in [-0.2, 0) is 33.4 Å². The molecule has 4 amide bonds. The first-order chi connectivity index (χ1) is 19.0. The molecule has 220 valence electrons. The van der Waals surface area contributed by atoms with Crippen LogP contribution >= 0.6 is 23.1 Å². The molecule has 0 aliphatic carbocycles. The first-order valence-corrected chi connectivity index (χ1v) is 14.0. The smallest absolute Gasteiger partial charge is 0.378 e. The van der Waals surface area contributed by atoms with Crippen LogP contribution in [0.4, 0.5) is 9.93 Å². The van der Waals surface area contributed by atoms with Gasteiger partial charge in [-0.05, 0) is 34.6 Å². The number of esters is 1. The van der Waals surface area contributed by atoms with Crippen molar-refractivity contribution in [3.05, 3.63) is 11.1 Å². The number of rotatable bonds is 8. The maximum absolute atomic E-state index is 13.4. The number of thioether (sulfide) groups is 1. The number of fused-ring (bicyclic) bond motifs is 1. The Morgan fingerprint density at radius 3 is 2.44 bits per heavy atom. The Hall–Kier alpha value is -3.58. The van der Waals surface area contributed by atoms with Crippen LogP contribution in [0.3, 0.4) is 0 Å². The average molecular weight is 608 g/mol. The molecule has 1 aromatic heterocycles. The lowest BCUT2D eigenvalue weighted by molar-refractivity contribution is -0.179. The van der Waals surface area contributed by atoms with Crippen LogP contribution in [0.5, 0.6) is 0 Å². The van der Waals surface area contributed by atoms with Crippen LogP contribution < -0.4 is 16.9 Å². The number of carbonyl (C=O) groups is 5. The number of nitrogen functional groups attached to an aromatic ring is 1. The number of β-lactam (4-membered cyclic amide) rings is 1. The van der Waals surface area contributed by atoms with Crippen LogP contribution in [0.2, 0.25) is 0 Å². The highest BCUT2D eigenvalue weighted by atomic mass is 32.2. The maximum Gasteiger partial charge on any atom is 0.378 e. The predicted molar refractivity (Wildman–Crippen MR) is 147 cm³/mol. The van der Waals surface area contributed by atoms with Gasteiger partial charge in [-0.2, -0.15) is 0 Å². The molecule has 3 saturated heterocycles. The van der Waals surface area contributed by atoms with Gasteiger partial charge >= 0.3 is 26.0 Å². The zero-order chi connectivity index (χ0) is 30.5. The summed E-state index contributed by atoms with van der Waals surface area (Å²) >= 11 is 1.97. The molecule has 3 atom stereocenters. The minimum Gasteiger partial charge on any atom is -0.541 e. The predicted octanol–water partition coefficient (Wildman–Crippen LogP) is -1.10. The fraction of sp³-hybridized carbons (Fsp3) is 0.591. The SMILES string of the molecule is [B]OC(=O)[C@@]1(N2CCN(N)C2=O)CN2C(=O)[C@@H](NC(=O)/C(=N\OC(C)(C)C(=O)OC(C)(C)C)c3csc(N)n3)[C@H]2S1. The fourth-order valence-corrected chi connectivity index (χ4v) is 6.41. The van der Waals surface area contributed by atoms with E-state index in [4.69, 9.17) is 29.2 Å². The third-order valence-corrected chi connectivity index (χ3v) is 8.61. The second-order valence-corrected chi connectivity index (χ2v) is 13.1. The summed E-state index contributed by atoms with van der Waals surface area (Å²) < 4.78 is 9.85. The number of amides is 4. The molecule has 1 aromatic rings. The number of aromatic nitrogens is 1. The highest BCUT2D eigenvalue weighted by Gasteiger charge is 2.66. The summed E-state index contributed by atoms with van der Waals surface area (Å²) in [6.07, 6.45) is 0. The van der Waals surface area contributed by atoms with E-state index in [1.807, 2.05) is 0 Å². The molecule has 2 radical (unpaired) electrons. The van der Waals surface area contributed by atoms with Crippen molar-refractivity contribution in [1.29, 1.82) is 0 Å². The van der Waals surface area contributed by atoms with Gasteiger partial charge in [0.25, 0.3) is 5.91 Å². The van der Waals surface area contributed by atoms with Gasteiger partial charge in [0.2, 0.25) is 16.4 Å². The Morgan fingerprint density at radius 2 is 1.90 bits per heavy atom. The van der Waals surface area contributed by atoms with Gasteiger partial charge in [0, 0.05) is 11.9 Å². The number of hydrazine groups is 1. The highest BCUT2D eigenvalue weighted by Crippen LogP contribution is 2.50. The van der Waals surface area contributed by atoms with Crippen molar-refractivity contribution in [3.63, 3.8) is 0 Å². The van der Waals surface area contributed by atoms with E-state index in [0.717, 1.165) is 28.1 Å². The molecule has 3 aliphatic heterocycles. The zero-order valence-corrected chi connectivity index (χ0v) is 24.5. The lowest BCUT2D eigenvalue weighted by Crippen LogP contribution is -2.68. The molecule has 0 saturated carbocycles. The third-order valence-electron chi connectivity index (χ3n) is 6.27. The molecule has 3 fully saturated rings. The normalized spacial score (nSPS) is 24.6. The van der Waals surface area contributed by atoms with E-state index < -0.39 is 57.3 Å². The molecule has 4 heterocycles. The molecule has 0 bridgehead atoms. The number of nitrogens with zero attached hydrogens (tertiary/aromatic N) is 5. The molecule has 3 aliphatic rings. The number of hydrogen-bond donors (Lipinski definition) is 3. The van der Waals surface area contributed by atoms with Gasteiger partial charge in [0.05, 0.1) is 13.1 Å². The van der Waals surface area contributed by atoms with E-state index in [0.29, 0.717) is 0 Å². The van der Waals surface area contributed by atoms with Gasteiger partial charge in [-0.3, -0.25) is 24.3 Å². The van der Waals surface area contributed by atoms with Crippen LogP contribution in [-0.4, -0.2) is 110 Å². The van der Waals surface area contributed by atoms with E-state index in [1.165, 1.54) is 29.0 Å². The van der Waals surface area contributed by atoms with E-state index in [1.54, 1.807) is 20.8 Å².